The normalized spacial score (nSPS) is 10.5. The molecule has 138 valence electrons. The predicted octanol–water partition coefficient (Wildman–Crippen LogP) is 2.83. The van der Waals surface area contributed by atoms with Gasteiger partial charge in [0, 0.05) is 17.2 Å². The zero-order valence-electron chi connectivity index (χ0n) is 13.8. The zero-order chi connectivity index (χ0) is 19.4. The van der Waals surface area contributed by atoms with E-state index in [9.17, 15) is 18.0 Å². The Morgan fingerprint density at radius 2 is 1.67 bits per heavy atom. The fraction of sp³-hybridized carbons (Fsp3) is 0.0556. The maximum atomic E-state index is 13.6. The average Bonchev–Trinajstić information content (AvgIpc) is 2.63. The summed E-state index contributed by atoms with van der Waals surface area (Å²) in [6.07, 6.45) is -0.503. The molecule has 0 saturated heterocycles. The standard InChI is InChI=1S/C18H14F3N5O/c19-11-6-4-10(5-7-11)15-9-16(24-18(22)23-15)25-26-17(27)8-12-13(20)2-1-3-14(12)21/h1-7,9H,8H2,(H,26,27)(H3,22,23,24,25). The number of nitrogens with zero attached hydrogens (tertiary/aromatic N) is 2. The first-order valence-corrected chi connectivity index (χ1v) is 7.80. The highest BCUT2D eigenvalue weighted by Crippen LogP contribution is 2.20. The van der Waals surface area contributed by atoms with Crippen molar-refractivity contribution in [3.8, 4) is 11.3 Å². The second-order valence-electron chi connectivity index (χ2n) is 5.55. The van der Waals surface area contributed by atoms with E-state index in [2.05, 4.69) is 20.8 Å². The van der Waals surface area contributed by atoms with Crippen LogP contribution in [0, 0.1) is 17.5 Å². The van der Waals surface area contributed by atoms with Crippen LogP contribution in [-0.4, -0.2) is 15.9 Å². The van der Waals surface area contributed by atoms with Crippen LogP contribution in [0.4, 0.5) is 24.9 Å². The van der Waals surface area contributed by atoms with Crippen LogP contribution in [-0.2, 0) is 11.2 Å². The van der Waals surface area contributed by atoms with Crippen LogP contribution in [0.5, 0.6) is 0 Å². The van der Waals surface area contributed by atoms with Gasteiger partial charge >= 0.3 is 0 Å². The second kappa shape index (κ2) is 7.73. The van der Waals surface area contributed by atoms with Gasteiger partial charge in [-0.05, 0) is 36.4 Å². The van der Waals surface area contributed by atoms with Crippen molar-refractivity contribution in [2.45, 2.75) is 6.42 Å². The molecule has 0 spiro atoms. The summed E-state index contributed by atoms with van der Waals surface area (Å²) in [5, 5.41) is 0. The number of anilines is 2. The number of carbonyl (C=O) groups is 1. The molecule has 0 bridgehead atoms. The smallest absolute Gasteiger partial charge is 0.242 e. The second-order valence-corrected chi connectivity index (χ2v) is 5.55. The van der Waals surface area contributed by atoms with Gasteiger partial charge in [-0.3, -0.25) is 15.6 Å². The van der Waals surface area contributed by atoms with Crippen molar-refractivity contribution in [2.75, 3.05) is 11.2 Å². The molecule has 0 saturated carbocycles. The van der Waals surface area contributed by atoms with E-state index in [1.54, 1.807) is 0 Å². The molecule has 9 heteroatoms. The van der Waals surface area contributed by atoms with Crippen LogP contribution in [0.1, 0.15) is 5.56 Å². The minimum atomic E-state index is -0.810. The van der Waals surface area contributed by atoms with Crippen LogP contribution in [0.15, 0.2) is 48.5 Å². The number of amides is 1. The van der Waals surface area contributed by atoms with Crippen molar-refractivity contribution in [1.29, 1.82) is 0 Å². The van der Waals surface area contributed by atoms with Gasteiger partial charge in [0.05, 0.1) is 12.1 Å². The van der Waals surface area contributed by atoms with E-state index in [1.165, 1.54) is 36.4 Å². The molecule has 6 nitrogen and oxygen atoms in total. The molecule has 0 radical (unpaired) electrons. The van der Waals surface area contributed by atoms with Crippen LogP contribution >= 0.6 is 0 Å². The third kappa shape index (κ3) is 4.51. The van der Waals surface area contributed by atoms with Crippen LogP contribution in [0.2, 0.25) is 0 Å². The molecule has 0 fully saturated rings. The number of nitrogen functional groups attached to an aromatic ring is 1. The molecule has 1 amide bonds. The third-order valence-corrected chi connectivity index (χ3v) is 3.61. The Balaban J connectivity index is 1.70. The molecule has 0 unspecified atom stereocenters. The molecule has 0 atom stereocenters. The van der Waals surface area contributed by atoms with Gasteiger partial charge in [-0.25, -0.2) is 18.2 Å². The molecule has 1 aromatic heterocycles. The molecule has 27 heavy (non-hydrogen) atoms. The largest absolute Gasteiger partial charge is 0.368 e. The summed E-state index contributed by atoms with van der Waals surface area (Å²) < 4.78 is 40.2. The Bertz CT molecular complexity index is 959. The fourth-order valence-electron chi connectivity index (χ4n) is 2.34. The topological polar surface area (TPSA) is 92.9 Å². The number of hydrazine groups is 1. The lowest BCUT2D eigenvalue weighted by molar-refractivity contribution is -0.120. The number of hydrogen-bond acceptors (Lipinski definition) is 5. The number of nitrogens with one attached hydrogen (secondary N) is 2. The van der Waals surface area contributed by atoms with E-state index in [1.807, 2.05) is 0 Å². The molecule has 2 aromatic carbocycles. The van der Waals surface area contributed by atoms with Gasteiger partial charge in [0.2, 0.25) is 11.9 Å². The number of benzene rings is 2. The molecule has 0 aliphatic carbocycles. The highest BCUT2D eigenvalue weighted by atomic mass is 19.1. The lowest BCUT2D eigenvalue weighted by Crippen LogP contribution is -2.31. The van der Waals surface area contributed by atoms with Gasteiger partial charge in [0.1, 0.15) is 17.5 Å². The number of aromatic nitrogens is 2. The quantitative estimate of drug-likeness (QED) is 0.598. The van der Waals surface area contributed by atoms with Gasteiger partial charge in [-0.15, -0.1) is 0 Å². The minimum absolute atomic E-state index is 0.0753. The first kappa shape index (κ1) is 18.2. The Labute approximate surface area is 152 Å². The van der Waals surface area contributed by atoms with Crippen molar-refractivity contribution in [3.05, 3.63) is 71.5 Å². The van der Waals surface area contributed by atoms with E-state index in [-0.39, 0.29) is 17.3 Å². The monoisotopic (exact) mass is 373 g/mol. The zero-order valence-corrected chi connectivity index (χ0v) is 13.8. The first-order valence-electron chi connectivity index (χ1n) is 7.80. The Morgan fingerprint density at radius 1 is 1.00 bits per heavy atom. The maximum Gasteiger partial charge on any atom is 0.242 e. The predicted molar refractivity (Wildman–Crippen MR) is 93.7 cm³/mol. The van der Waals surface area contributed by atoms with Crippen molar-refractivity contribution in [3.63, 3.8) is 0 Å². The SMILES string of the molecule is Nc1nc(NNC(=O)Cc2c(F)cccc2F)cc(-c2ccc(F)cc2)n1. The molecule has 0 aliphatic rings. The number of carbonyl (C=O) groups excluding carboxylic acids is 1. The molecule has 3 rings (SSSR count). The van der Waals surface area contributed by atoms with Crippen molar-refractivity contribution < 1.29 is 18.0 Å². The fourth-order valence-corrected chi connectivity index (χ4v) is 2.34. The van der Waals surface area contributed by atoms with Crippen LogP contribution in [0.3, 0.4) is 0 Å². The van der Waals surface area contributed by atoms with Crippen LogP contribution in [0.25, 0.3) is 11.3 Å². The summed E-state index contributed by atoms with van der Waals surface area (Å²) in [4.78, 5) is 19.9. The molecular weight excluding hydrogens is 359 g/mol. The molecule has 1 heterocycles. The van der Waals surface area contributed by atoms with Crippen LogP contribution < -0.4 is 16.6 Å². The number of rotatable bonds is 5. The van der Waals surface area contributed by atoms with Gasteiger partial charge in [-0.1, -0.05) is 6.07 Å². The van der Waals surface area contributed by atoms with Crippen molar-refractivity contribution in [1.82, 2.24) is 15.4 Å². The van der Waals surface area contributed by atoms with Gasteiger partial charge in [0.15, 0.2) is 5.82 Å². The van der Waals surface area contributed by atoms with E-state index in [0.29, 0.717) is 11.3 Å². The van der Waals surface area contributed by atoms with Gasteiger partial charge < -0.3 is 5.73 Å². The number of halogens is 3. The molecule has 0 aliphatic heterocycles. The van der Waals surface area contributed by atoms with Gasteiger partial charge in [-0.2, -0.15) is 4.98 Å². The highest BCUT2D eigenvalue weighted by molar-refractivity contribution is 5.80. The molecule has 4 N–H and O–H groups in total. The number of nitrogens with two attached hydrogens (primary N) is 1. The average molecular weight is 373 g/mol. The van der Waals surface area contributed by atoms with Crippen molar-refractivity contribution >= 4 is 17.7 Å². The summed E-state index contributed by atoms with van der Waals surface area (Å²) in [5.74, 6) is -2.62. The van der Waals surface area contributed by atoms with Crippen molar-refractivity contribution in [2.24, 2.45) is 0 Å². The van der Waals surface area contributed by atoms with E-state index in [4.69, 9.17) is 5.73 Å². The van der Waals surface area contributed by atoms with E-state index >= 15 is 0 Å². The first-order chi connectivity index (χ1) is 12.9. The minimum Gasteiger partial charge on any atom is -0.368 e. The Morgan fingerprint density at radius 3 is 2.33 bits per heavy atom. The third-order valence-electron chi connectivity index (χ3n) is 3.61. The Hall–Kier alpha value is -3.62. The molecular formula is C18H14F3N5O. The molecule has 3 aromatic rings. The van der Waals surface area contributed by atoms with E-state index < -0.39 is 29.8 Å². The summed E-state index contributed by atoms with van der Waals surface area (Å²) >= 11 is 0. The summed E-state index contributed by atoms with van der Waals surface area (Å²) in [5.41, 5.74) is 11.1. The summed E-state index contributed by atoms with van der Waals surface area (Å²) in [6.45, 7) is 0. The lowest BCUT2D eigenvalue weighted by atomic mass is 10.1. The maximum absolute atomic E-state index is 13.6. The lowest BCUT2D eigenvalue weighted by Gasteiger charge is -2.10. The summed E-state index contributed by atoms with van der Waals surface area (Å²) in [7, 11) is 0. The summed E-state index contributed by atoms with van der Waals surface area (Å²) in [6, 6.07) is 10.4. The van der Waals surface area contributed by atoms with E-state index in [0.717, 1.165) is 12.1 Å². The number of hydrogen-bond donors (Lipinski definition) is 3. The van der Waals surface area contributed by atoms with Gasteiger partial charge in [0.25, 0.3) is 0 Å². The Kier molecular flexibility index (Phi) is 5.20. The highest BCUT2D eigenvalue weighted by Gasteiger charge is 2.13.